The van der Waals surface area contributed by atoms with E-state index < -0.39 is 0 Å². The molecule has 1 heterocycles. The van der Waals surface area contributed by atoms with Crippen LogP contribution < -0.4 is 0 Å². The quantitative estimate of drug-likeness (QED) is 0.490. The molecule has 4 unspecified atom stereocenters. The average Bonchev–Trinajstić information content (AvgIpc) is 2.59. The smallest absolute Gasteiger partial charge is 0.309 e. The molecule has 0 saturated carbocycles. The molecule has 0 N–H and O–H groups in total. The number of fused-ring (bicyclic) bond motifs is 1. The largest absolute Gasteiger partial charge is 0.462 e. The Kier molecular flexibility index (Phi) is 3.88. The second kappa shape index (κ2) is 5.25. The minimum atomic E-state index is -0.0921. The lowest BCUT2D eigenvalue weighted by Crippen LogP contribution is -2.25. The van der Waals surface area contributed by atoms with Crippen molar-refractivity contribution in [3.63, 3.8) is 0 Å². The number of hydrogen-bond acceptors (Lipinski definition) is 3. The van der Waals surface area contributed by atoms with Gasteiger partial charge in [0.25, 0.3) is 0 Å². The van der Waals surface area contributed by atoms with Crippen molar-refractivity contribution in [2.45, 2.75) is 52.6 Å². The van der Waals surface area contributed by atoms with Gasteiger partial charge >= 0.3 is 5.97 Å². The molecule has 0 radical (unpaired) electrons. The lowest BCUT2D eigenvalue weighted by atomic mass is 9.81. The molecule has 2 aliphatic rings. The Labute approximate surface area is 109 Å². The van der Waals surface area contributed by atoms with Gasteiger partial charge in [-0.15, -0.1) is 0 Å². The molecule has 2 rings (SSSR count). The Hall–Kier alpha value is -1.12. The van der Waals surface area contributed by atoms with Crippen LogP contribution in [0.15, 0.2) is 11.6 Å². The van der Waals surface area contributed by atoms with Crippen molar-refractivity contribution >= 4 is 11.8 Å². The summed E-state index contributed by atoms with van der Waals surface area (Å²) >= 11 is 0. The summed E-state index contributed by atoms with van der Waals surface area (Å²) < 4.78 is 5.45. The molecule has 18 heavy (non-hydrogen) atoms. The van der Waals surface area contributed by atoms with Gasteiger partial charge in [-0.05, 0) is 26.2 Å². The maximum absolute atomic E-state index is 11.9. The van der Waals surface area contributed by atoms with Crippen molar-refractivity contribution < 1.29 is 14.3 Å². The van der Waals surface area contributed by atoms with Gasteiger partial charge in [-0.3, -0.25) is 9.59 Å². The van der Waals surface area contributed by atoms with E-state index in [1.54, 1.807) is 0 Å². The van der Waals surface area contributed by atoms with Crippen molar-refractivity contribution in [1.29, 1.82) is 0 Å². The number of allylic oxidation sites excluding steroid dienone is 2. The summed E-state index contributed by atoms with van der Waals surface area (Å²) in [7, 11) is 0. The monoisotopic (exact) mass is 250 g/mol. The first-order valence-electron chi connectivity index (χ1n) is 6.88. The van der Waals surface area contributed by atoms with Gasteiger partial charge in [-0.2, -0.15) is 0 Å². The molecule has 1 aliphatic carbocycles. The fraction of sp³-hybridized carbons (Fsp3) is 0.733. The zero-order chi connectivity index (χ0) is 13.3. The Morgan fingerprint density at radius 2 is 2.00 bits per heavy atom. The molecule has 0 aromatic heterocycles. The molecule has 1 aliphatic heterocycles. The van der Waals surface area contributed by atoms with Crippen LogP contribution in [-0.4, -0.2) is 17.9 Å². The van der Waals surface area contributed by atoms with Gasteiger partial charge in [0.1, 0.15) is 11.9 Å². The first kappa shape index (κ1) is 13.3. The second-order valence-corrected chi connectivity index (χ2v) is 5.82. The molecule has 3 nitrogen and oxygen atoms in total. The van der Waals surface area contributed by atoms with Crippen molar-refractivity contribution in [3.05, 3.63) is 11.6 Å². The number of rotatable bonds is 0. The maximum atomic E-state index is 11.9. The molecular weight excluding hydrogens is 228 g/mol. The van der Waals surface area contributed by atoms with Gasteiger partial charge in [-0.1, -0.05) is 25.5 Å². The summed E-state index contributed by atoms with van der Waals surface area (Å²) in [6, 6.07) is 0. The van der Waals surface area contributed by atoms with E-state index >= 15 is 0 Å². The molecule has 0 amide bonds. The third kappa shape index (κ3) is 2.65. The highest BCUT2D eigenvalue weighted by Crippen LogP contribution is 2.36. The Balaban J connectivity index is 2.19. The number of carbonyl (C=O) groups is 2. The summed E-state index contributed by atoms with van der Waals surface area (Å²) in [5.74, 6) is 0.396. The van der Waals surface area contributed by atoms with E-state index in [-0.39, 0.29) is 35.6 Å². The van der Waals surface area contributed by atoms with E-state index in [0.29, 0.717) is 12.8 Å². The molecule has 0 aromatic rings. The predicted octanol–water partition coefficient (Wildman–Crippen LogP) is 2.89. The van der Waals surface area contributed by atoms with Crippen LogP contribution >= 0.6 is 0 Å². The van der Waals surface area contributed by atoms with Gasteiger partial charge < -0.3 is 4.74 Å². The molecular formula is C15H22O3. The van der Waals surface area contributed by atoms with E-state index in [2.05, 4.69) is 6.92 Å². The van der Waals surface area contributed by atoms with Gasteiger partial charge in [-0.25, -0.2) is 0 Å². The minimum absolute atomic E-state index is 0.0160. The molecule has 3 heteroatoms. The fourth-order valence-corrected chi connectivity index (χ4v) is 2.95. The van der Waals surface area contributed by atoms with E-state index in [4.69, 9.17) is 4.74 Å². The van der Waals surface area contributed by atoms with Gasteiger partial charge in [0.15, 0.2) is 0 Å². The summed E-state index contributed by atoms with van der Waals surface area (Å²) in [6.07, 6.45) is 5.14. The lowest BCUT2D eigenvalue weighted by Gasteiger charge is -2.23. The van der Waals surface area contributed by atoms with E-state index in [9.17, 15) is 9.59 Å². The van der Waals surface area contributed by atoms with E-state index in [1.807, 2.05) is 19.9 Å². The van der Waals surface area contributed by atoms with Gasteiger partial charge in [0.2, 0.25) is 0 Å². The van der Waals surface area contributed by atoms with E-state index in [1.165, 1.54) is 5.57 Å². The average molecular weight is 250 g/mol. The maximum Gasteiger partial charge on any atom is 0.309 e. The molecule has 1 saturated heterocycles. The molecule has 4 atom stereocenters. The zero-order valence-electron chi connectivity index (χ0n) is 11.4. The van der Waals surface area contributed by atoms with Crippen LogP contribution in [0.25, 0.3) is 0 Å². The first-order chi connectivity index (χ1) is 8.49. The topological polar surface area (TPSA) is 43.4 Å². The Bertz CT molecular complexity index is 383. The van der Waals surface area contributed by atoms with E-state index in [0.717, 1.165) is 12.8 Å². The minimum Gasteiger partial charge on any atom is -0.462 e. The van der Waals surface area contributed by atoms with Crippen LogP contribution in [0.3, 0.4) is 0 Å². The molecule has 0 bridgehead atoms. The second-order valence-electron chi connectivity index (χ2n) is 5.82. The van der Waals surface area contributed by atoms with Crippen molar-refractivity contribution in [2.24, 2.45) is 17.8 Å². The van der Waals surface area contributed by atoms with Crippen molar-refractivity contribution in [3.8, 4) is 0 Å². The number of ketones is 1. The molecule has 0 spiro atoms. The van der Waals surface area contributed by atoms with Crippen LogP contribution in [-0.2, 0) is 14.3 Å². The fourth-order valence-electron chi connectivity index (χ4n) is 2.95. The number of Topliss-reactive ketones (excluding diaryl/α,β-unsaturated/α-hetero) is 1. The van der Waals surface area contributed by atoms with Gasteiger partial charge in [0.05, 0.1) is 5.92 Å². The van der Waals surface area contributed by atoms with Crippen molar-refractivity contribution in [1.82, 2.24) is 0 Å². The summed E-state index contributed by atoms with van der Waals surface area (Å²) in [5.41, 5.74) is 1.25. The molecule has 100 valence electrons. The normalized spacial score (nSPS) is 40.7. The van der Waals surface area contributed by atoms with Crippen LogP contribution in [0, 0.1) is 17.8 Å². The summed E-state index contributed by atoms with van der Waals surface area (Å²) in [5, 5.41) is 0. The number of hydrogen-bond donors (Lipinski definition) is 0. The predicted molar refractivity (Wildman–Crippen MR) is 68.9 cm³/mol. The Morgan fingerprint density at radius 3 is 2.72 bits per heavy atom. The van der Waals surface area contributed by atoms with Crippen molar-refractivity contribution in [2.75, 3.05) is 0 Å². The first-order valence-corrected chi connectivity index (χ1v) is 6.88. The number of carbonyl (C=O) groups excluding carboxylic acids is 2. The van der Waals surface area contributed by atoms with Crippen LogP contribution in [0.4, 0.5) is 0 Å². The molecule has 0 aromatic carbocycles. The SMILES string of the molecule is C/C1=C/CC(=O)C(C)CC2OC(=O)C(C)C2CC1. The molecule has 1 fully saturated rings. The highest BCUT2D eigenvalue weighted by atomic mass is 16.6. The Morgan fingerprint density at radius 1 is 1.28 bits per heavy atom. The third-order valence-electron chi connectivity index (χ3n) is 4.42. The third-order valence-corrected chi connectivity index (χ3v) is 4.42. The standard InChI is InChI=1S/C15H22O3/c1-9-4-6-12-11(3)15(17)18-14(12)8-10(2)13(16)7-5-9/h5,10-12,14H,4,6-8H2,1-3H3/b9-5-. The summed E-state index contributed by atoms with van der Waals surface area (Å²) in [6.45, 7) is 5.96. The lowest BCUT2D eigenvalue weighted by molar-refractivity contribution is -0.145. The highest BCUT2D eigenvalue weighted by Gasteiger charge is 2.42. The van der Waals surface area contributed by atoms with Crippen LogP contribution in [0.2, 0.25) is 0 Å². The summed E-state index contributed by atoms with van der Waals surface area (Å²) in [4.78, 5) is 23.6. The zero-order valence-corrected chi connectivity index (χ0v) is 11.4. The number of esters is 1. The van der Waals surface area contributed by atoms with Crippen LogP contribution in [0.5, 0.6) is 0 Å². The van der Waals surface area contributed by atoms with Crippen LogP contribution in [0.1, 0.15) is 46.5 Å². The highest BCUT2D eigenvalue weighted by molar-refractivity contribution is 5.82. The van der Waals surface area contributed by atoms with Gasteiger partial charge in [0, 0.05) is 18.3 Å². The number of ether oxygens (including phenoxy) is 1.